The van der Waals surface area contributed by atoms with Crippen molar-refractivity contribution in [1.82, 2.24) is 20.4 Å². The standard InChI is InChI=1S/C5H9FN4/c1-4(2)3-5-7-8-9-10(5)6/h4H,3H2,1-2H3. The zero-order chi connectivity index (χ0) is 7.56. The normalized spacial score (nSPS) is 10.8. The van der Waals surface area contributed by atoms with Crippen LogP contribution in [0, 0.1) is 5.92 Å². The molecule has 0 fully saturated rings. The van der Waals surface area contributed by atoms with Crippen LogP contribution in [0.15, 0.2) is 0 Å². The Labute approximate surface area is 58.0 Å². The van der Waals surface area contributed by atoms with E-state index in [4.69, 9.17) is 0 Å². The van der Waals surface area contributed by atoms with Crippen molar-refractivity contribution in [2.75, 3.05) is 0 Å². The van der Waals surface area contributed by atoms with Crippen LogP contribution in [0.2, 0.25) is 0 Å². The second kappa shape index (κ2) is 2.72. The molecule has 0 radical (unpaired) electrons. The topological polar surface area (TPSA) is 43.6 Å². The molecule has 1 aromatic heterocycles. The molecule has 0 aliphatic heterocycles. The molecule has 0 aliphatic rings. The SMILES string of the molecule is CC(C)Cc1nnnn1F. The van der Waals surface area contributed by atoms with E-state index in [9.17, 15) is 4.48 Å². The Morgan fingerprint density at radius 3 is 2.70 bits per heavy atom. The molecule has 1 heterocycles. The fourth-order valence-corrected chi connectivity index (χ4v) is 0.677. The van der Waals surface area contributed by atoms with E-state index in [1.165, 1.54) is 0 Å². The van der Waals surface area contributed by atoms with Crippen molar-refractivity contribution in [3.63, 3.8) is 0 Å². The van der Waals surface area contributed by atoms with Crippen LogP contribution >= 0.6 is 0 Å². The van der Waals surface area contributed by atoms with Crippen LogP contribution in [-0.4, -0.2) is 20.4 Å². The molecule has 0 amide bonds. The lowest BCUT2D eigenvalue weighted by atomic mass is 10.1. The minimum absolute atomic E-state index is 0.208. The van der Waals surface area contributed by atoms with Crippen molar-refractivity contribution in [2.45, 2.75) is 20.3 Å². The smallest absolute Gasteiger partial charge is 0.111 e. The van der Waals surface area contributed by atoms with Gasteiger partial charge in [0.05, 0.1) is 0 Å². The Balaban J connectivity index is 2.65. The number of halogens is 1. The van der Waals surface area contributed by atoms with Gasteiger partial charge >= 0.3 is 0 Å². The van der Waals surface area contributed by atoms with Gasteiger partial charge in [0.1, 0.15) is 0 Å². The lowest BCUT2D eigenvalue weighted by molar-refractivity contribution is 0.288. The van der Waals surface area contributed by atoms with Gasteiger partial charge in [0.15, 0.2) is 5.82 Å². The van der Waals surface area contributed by atoms with Crippen LogP contribution in [0.5, 0.6) is 0 Å². The summed E-state index contributed by atoms with van der Waals surface area (Å²) in [5.74, 6) is 0.663. The molecule has 0 bridgehead atoms. The molecule has 0 saturated carbocycles. The predicted molar refractivity (Wildman–Crippen MR) is 32.9 cm³/mol. The highest BCUT2D eigenvalue weighted by molar-refractivity contribution is 4.78. The summed E-state index contributed by atoms with van der Waals surface area (Å²) in [4.78, 5) is 0.208. The van der Waals surface area contributed by atoms with Gasteiger partial charge in [-0.3, -0.25) is 0 Å². The van der Waals surface area contributed by atoms with Gasteiger partial charge < -0.3 is 0 Å². The Bertz CT molecular complexity index is 207. The second-order valence-electron chi connectivity index (χ2n) is 2.55. The maximum atomic E-state index is 12.4. The van der Waals surface area contributed by atoms with Gasteiger partial charge in [0, 0.05) is 6.42 Å². The van der Waals surface area contributed by atoms with E-state index < -0.39 is 0 Å². The molecule has 4 nitrogen and oxygen atoms in total. The van der Waals surface area contributed by atoms with E-state index in [2.05, 4.69) is 15.5 Å². The first-order chi connectivity index (χ1) is 4.70. The summed E-state index contributed by atoms with van der Waals surface area (Å²) in [6.45, 7) is 3.96. The molecule has 1 aromatic rings. The highest BCUT2D eigenvalue weighted by Gasteiger charge is 2.06. The number of hydrogen-bond donors (Lipinski definition) is 0. The third-order valence-electron chi connectivity index (χ3n) is 1.08. The summed E-state index contributed by atoms with van der Waals surface area (Å²) in [6.07, 6.45) is 0.573. The number of tetrazole rings is 1. The third kappa shape index (κ3) is 1.49. The lowest BCUT2D eigenvalue weighted by Gasteiger charge is -1.97. The van der Waals surface area contributed by atoms with Gasteiger partial charge in [-0.2, -0.15) is 0 Å². The lowest BCUT2D eigenvalue weighted by Crippen LogP contribution is -2.00. The fraction of sp³-hybridized carbons (Fsp3) is 0.800. The molecule has 1 rings (SSSR count). The summed E-state index contributed by atoms with van der Waals surface area (Å²) in [5.41, 5.74) is 0. The molecule has 0 aliphatic carbocycles. The maximum Gasteiger partial charge on any atom is 0.186 e. The molecule has 0 N–H and O–H groups in total. The van der Waals surface area contributed by atoms with Crippen molar-refractivity contribution in [3.05, 3.63) is 5.82 Å². The Morgan fingerprint density at radius 2 is 2.30 bits per heavy atom. The van der Waals surface area contributed by atoms with Crippen LogP contribution in [0.4, 0.5) is 4.48 Å². The first-order valence-electron chi connectivity index (χ1n) is 3.13. The van der Waals surface area contributed by atoms with Crippen LogP contribution in [0.1, 0.15) is 19.7 Å². The summed E-state index contributed by atoms with van der Waals surface area (Å²) in [7, 11) is 0. The van der Waals surface area contributed by atoms with Gasteiger partial charge in [-0.25, -0.2) is 0 Å². The minimum atomic E-state index is 0.208. The van der Waals surface area contributed by atoms with E-state index >= 15 is 0 Å². The van der Waals surface area contributed by atoms with E-state index in [0.29, 0.717) is 12.3 Å². The minimum Gasteiger partial charge on any atom is -0.111 e. The summed E-state index contributed by atoms with van der Waals surface area (Å²) < 4.78 is 12.4. The van der Waals surface area contributed by atoms with Crippen LogP contribution in [-0.2, 0) is 6.42 Å². The van der Waals surface area contributed by atoms with Crippen molar-refractivity contribution < 1.29 is 4.48 Å². The van der Waals surface area contributed by atoms with Crippen molar-refractivity contribution in [1.29, 1.82) is 0 Å². The molecule has 0 aromatic carbocycles. The van der Waals surface area contributed by atoms with E-state index in [1.54, 1.807) is 0 Å². The monoisotopic (exact) mass is 144 g/mol. The molecule has 5 heteroatoms. The molecule has 0 unspecified atom stereocenters. The highest BCUT2D eigenvalue weighted by atomic mass is 19.2. The molecule has 56 valence electrons. The fourth-order valence-electron chi connectivity index (χ4n) is 0.677. The largest absolute Gasteiger partial charge is 0.186 e. The van der Waals surface area contributed by atoms with Gasteiger partial charge in [-0.15, -0.1) is 5.10 Å². The Kier molecular flexibility index (Phi) is 1.94. The average molecular weight is 144 g/mol. The van der Waals surface area contributed by atoms with Crippen LogP contribution < -0.4 is 0 Å². The molecule has 0 atom stereocenters. The third-order valence-corrected chi connectivity index (χ3v) is 1.08. The van der Waals surface area contributed by atoms with Gasteiger partial charge in [0.25, 0.3) is 0 Å². The van der Waals surface area contributed by atoms with Gasteiger partial charge in [-0.1, -0.05) is 23.2 Å². The number of hydrogen-bond acceptors (Lipinski definition) is 3. The maximum absolute atomic E-state index is 12.4. The first-order valence-corrected chi connectivity index (χ1v) is 3.13. The average Bonchev–Trinajstić information content (AvgIpc) is 2.15. The zero-order valence-corrected chi connectivity index (χ0v) is 5.95. The van der Waals surface area contributed by atoms with Crippen LogP contribution in [0.3, 0.4) is 0 Å². The summed E-state index contributed by atoms with van der Waals surface area (Å²) in [6, 6.07) is 0. The van der Waals surface area contributed by atoms with Gasteiger partial charge in [-0.05, 0) is 16.3 Å². The molecular formula is C5H9FN4. The number of rotatable bonds is 2. The van der Waals surface area contributed by atoms with Crippen molar-refractivity contribution in [2.24, 2.45) is 5.92 Å². The van der Waals surface area contributed by atoms with Gasteiger partial charge in [0.2, 0.25) is 0 Å². The predicted octanol–water partition coefficient (Wildman–Crippen LogP) is 0.604. The van der Waals surface area contributed by atoms with E-state index in [1.807, 2.05) is 13.8 Å². The Hall–Kier alpha value is -1.00. The second-order valence-corrected chi connectivity index (χ2v) is 2.55. The summed E-state index contributed by atoms with van der Waals surface area (Å²) >= 11 is 0. The van der Waals surface area contributed by atoms with Crippen molar-refractivity contribution in [3.8, 4) is 0 Å². The zero-order valence-electron chi connectivity index (χ0n) is 5.95. The van der Waals surface area contributed by atoms with E-state index in [-0.39, 0.29) is 10.7 Å². The molecule has 10 heavy (non-hydrogen) atoms. The van der Waals surface area contributed by atoms with E-state index in [0.717, 1.165) is 0 Å². The number of aromatic nitrogens is 4. The quantitative estimate of drug-likeness (QED) is 0.610. The highest BCUT2D eigenvalue weighted by Crippen LogP contribution is 2.02. The molecular weight excluding hydrogens is 135 g/mol. The summed E-state index contributed by atoms with van der Waals surface area (Å²) in [5, 5.41) is 9.70. The first kappa shape index (κ1) is 7.11. The molecule has 0 saturated heterocycles. The van der Waals surface area contributed by atoms with Crippen molar-refractivity contribution >= 4 is 0 Å². The molecule has 0 spiro atoms. The Morgan fingerprint density at radius 1 is 1.60 bits per heavy atom. The number of nitrogens with zero attached hydrogens (tertiary/aromatic N) is 4. The van der Waals surface area contributed by atoms with Crippen LogP contribution in [0.25, 0.3) is 0 Å².